The van der Waals surface area contributed by atoms with Crippen molar-refractivity contribution < 1.29 is 4.79 Å². The van der Waals surface area contributed by atoms with E-state index in [0.29, 0.717) is 5.56 Å². The maximum atomic E-state index is 12.5. The van der Waals surface area contributed by atoms with Gasteiger partial charge < -0.3 is 10.2 Å². The van der Waals surface area contributed by atoms with E-state index in [2.05, 4.69) is 10.3 Å². The summed E-state index contributed by atoms with van der Waals surface area (Å²) < 4.78 is 1.34. The maximum absolute atomic E-state index is 12.5. The summed E-state index contributed by atoms with van der Waals surface area (Å²) in [7, 11) is 3.91. The SMILES string of the molecule is Cc1ccc(NC(=O)c2ccc(Cn3sc(=O)[nH]c3=O)cc2)cc1N(C)C. The topological polar surface area (TPSA) is 87.2 Å². The molecule has 0 aliphatic rings. The number of H-pyrrole nitrogens is 1. The van der Waals surface area contributed by atoms with Gasteiger partial charge in [0, 0.05) is 42.6 Å². The summed E-state index contributed by atoms with van der Waals surface area (Å²) >= 11 is 0.836. The van der Waals surface area contributed by atoms with Crippen LogP contribution in [-0.4, -0.2) is 28.9 Å². The lowest BCUT2D eigenvalue weighted by Crippen LogP contribution is -2.17. The highest BCUT2D eigenvalue weighted by Crippen LogP contribution is 2.23. The van der Waals surface area contributed by atoms with E-state index in [1.54, 1.807) is 24.3 Å². The lowest BCUT2D eigenvalue weighted by atomic mass is 10.1. The molecule has 2 N–H and O–H groups in total. The largest absolute Gasteiger partial charge is 0.377 e. The van der Waals surface area contributed by atoms with E-state index in [-0.39, 0.29) is 17.3 Å². The number of carbonyl (C=O) groups excluding carboxylic acids is 1. The standard InChI is InChI=1S/C19H20N4O3S/c1-12-4-9-15(10-16(12)22(2)3)20-17(24)14-7-5-13(6-8-14)11-23-18(25)21-19(26)27-23/h4-10H,11H2,1-3H3,(H,20,24)(H,21,25,26). The van der Waals surface area contributed by atoms with Gasteiger partial charge in [0.2, 0.25) is 0 Å². The summed E-state index contributed by atoms with van der Waals surface area (Å²) in [5, 5.41) is 2.90. The molecule has 27 heavy (non-hydrogen) atoms. The Hall–Kier alpha value is -3.13. The number of aromatic amines is 1. The molecule has 8 heteroatoms. The van der Waals surface area contributed by atoms with Crippen LogP contribution in [0.3, 0.4) is 0 Å². The molecule has 0 saturated carbocycles. The molecule has 0 aliphatic carbocycles. The number of nitrogens with one attached hydrogen (secondary N) is 2. The first-order chi connectivity index (χ1) is 12.8. The Kier molecular flexibility index (Phi) is 5.27. The van der Waals surface area contributed by atoms with Crippen molar-refractivity contribution in [3.8, 4) is 0 Å². The first-order valence-corrected chi connectivity index (χ1v) is 9.09. The lowest BCUT2D eigenvalue weighted by molar-refractivity contribution is 0.102. The minimum absolute atomic E-state index is 0.210. The van der Waals surface area contributed by atoms with E-state index in [0.717, 1.165) is 34.0 Å². The quantitative estimate of drug-likeness (QED) is 0.706. The van der Waals surface area contributed by atoms with Gasteiger partial charge in [-0.3, -0.25) is 14.6 Å². The molecule has 0 unspecified atom stereocenters. The fraction of sp³-hybridized carbons (Fsp3) is 0.211. The summed E-state index contributed by atoms with van der Waals surface area (Å²) in [6.07, 6.45) is 0. The Morgan fingerprint density at radius 1 is 1.15 bits per heavy atom. The molecule has 0 spiro atoms. The number of amides is 1. The van der Waals surface area contributed by atoms with Gasteiger partial charge in [0.05, 0.1) is 6.54 Å². The van der Waals surface area contributed by atoms with E-state index >= 15 is 0 Å². The summed E-state index contributed by atoms with van der Waals surface area (Å²) in [6.45, 7) is 2.31. The fourth-order valence-electron chi connectivity index (χ4n) is 2.72. The summed E-state index contributed by atoms with van der Waals surface area (Å²) in [5.41, 5.74) is 3.81. The zero-order valence-electron chi connectivity index (χ0n) is 15.3. The van der Waals surface area contributed by atoms with Crippen LogP contribution >= 0.6 is 11.5 Å². The average molecular weight is 384 g/mol. The number of hydrogen-bond acceptors (Lipinski definition) is 5. The third-order valence-corrected chi connectivity index (χ3v) is 4.90. The molecular weight excluding hydrogens is 364 g/mol. The van der Waals surface area contributed by atoms with Gasteiger partial charge in [0.15, 0.2) is 0 Å². The minimum Gasteiger partial charge on any atom is -0.377 e. The number of benzene rings is 2. The fourth-order valence-corrected chi connectivity index (χ4v) is 3.39. The van der Waals surface area contributed by atoms with Crippen LogP contribution < -0.4 is 20.8 Å². The average Bonchev–Trinajstić information content (AvgIpc) is 2.94. The van der Waals surface area contributed by atoms with Gasteiger partial charge in [0.25, 0.3) is 5.91 Å². The molecular formula is C19H20N4O3S. The van der Waals surface area contributed by atoms with E-state index in [1.807, 2.05) is 44.1 Å². The van der Waals surface area contributed by atoms with Crippen molar-refractivity contribution >= 4 is 28.8 Å². The van der Waals surface area contributed by atoms with Crippen LogP contribution in [-0.2, 0) is 6.54 Å². The molecule has 0 atom stereocenters. The van der Waals surface area contributed by atoms with Crippen LogP contribution in [0.5, 0.6) is 0 Å². The molecule has 3 rings (SSSR count). The molecule has 7 nitrogen and oxygen atoms in total. The second-order valence-corrected chi connectivity index (χ2v) is 7.39. The van der Waals surface area contributed by atoms with E-state index in [1.165, 1.54) is 3.96 Å². The molecule has 0 saturated heterocycles. The van der Waals surface area contributed by atoms with Gasteiger partial charge in [-0.2, -0.15) is 0 Å². The Bertz CT molecular complexity index is 1080. The number of rotatable bonds is 5. The van der Waals surface area contributed by atoms with E-state index < -0.39 is 5.69 Å². The van der Waals surface area contributed by atoms with Crippen molar-refractivity contribution in [2.24, 2.45) is 0 Å². The minimum atomic E-state index is -0.428. The van der Waals surface area contributed by atoms with Crippen LogP contribution in [0.2, 0.25) is 0 Å². The van der Waals surface area contributed by atoms with Gasteiger partial charge in [-0.15, -0.1) is 0 Å². The number of hydrogen-bond donors (Lipinski definition) is 2. The molecule has 2 aromatic carbocycles. The zero-order chi connectivity index (χ0) is 19.6. The molecule has 0 fully saturated rings. The number of anilines is 2. The van der Waals surface area contributed by atoms with Crippen LogP contribution in [0, 0.1) is 6.92 Å². The highest BCUT2D eigenvalue weighted by molar-refractivity contribution is 7.03. The number of aromatic nitrogens is 2. The van der Waals surface area contributed by atoms with Crippen molar-refractivity contribution in [2.45, 2.75) is 13.5 Å². The van der Waals surface area contributed by atoms with Crippen LogP contribution in [0.15, 0.2) is 52.1 Å². The summed E-state index contributed by atoms with van der Waals surface area (Å²) in [6, 6.07) is 12.7. The highest BCUT2D eigenvalue weighted by atomic mass is 32.1. The van der Waals surface area contributed by atoms with E-state index in [4.69, 9.17) is 0 Å². The molecule has 1 aromatic heterocycles. The smallest absolute Gasteiger partial charge is 0.338 e. The molecule has 3 aromatic rings. The van der Waals surface area contributed by atoms with Crippen molar-refractivity contribution in [1.82, 2.24) is 8.94 Å². The highest BCUT2D eigenvalue weighted by Gasteiger charge is 2.09. The maximum Gasteiger partial charge on any atom is 0.338 e. The monoisotopic (exact) mass is 384 g/mol. The van der Waals surface area contributed by atoms with Crippen molar-refractivity contribution in [2.75, 3.05) is 24.3 Å². The van der Waals surface area contributed by atoms with Crippen LogP contribution in [0.4, 0.5) is 11.4 Å². The first-order valence-electron chi connectivity index (χ1n) is 8.32. The van der Waals surface area contributed by atoms with Crippen molar-refractivity contribution in [3.63, 3.8) is 0 Å². The Morgan fingerprint density at radius 2 is 1.85 bits per heavy atom. The molecule has 1 heterocycles. The number of carbonyl (C=O) groups is 1. The van der Waals surface area contributed by atoms with Crippen molar-refractivity contribution in [3.05, 3.63) is 79.3 Å². The molecule has 0 aliphatic heterocycles. The van der Waals surface area contributed by atoms with E-state index in [9.17, 15) is 14.4 Å². The third kappa shape index (κ3) is 4.35. The zero-order valence-corrected chi connectivity index (χ0v) is 16.1. The predicted octanol–water partition coefficient (Wildman–Crippen LogP) is 2.27. The third-order valence-electron chi connectivity index (χ3n) is 4.12. The number of aryl methyl sites for hydroxylation is 1. The summed E-state index contributed by atoms with van der Waals surface area (Å²) in [4.78, 5) is 39.1. The second kappa shape index (κ2) is 7.63. The van der Waals surface area contributed by atoms with Crippen molar-refractivity contribution in [1.29, 1.82) is 0 Å². The summed E-state index contributed by atoms with van der Waals surface area (Å²) in [5.74, 6) is -0.210. The Labute approximate surface area is 160 Å². The van der Waals surface area contributed by atoms with Crippen LogP contribution in [0.25, 0.3) is 0 Å². The van der Waals surface area contributed by atoms with Gasteiger partial charge in [-0.25, -0.2) is 8.75 Å². The normalized spacial score (nSPS) is 10.6. The first kappa shape index (κ1) is 18.7. The predicted molar refractivity (Wildman–Crippen MR) is 108 cm³/mol. The van der Waals surface area contributed by atoms with Gasteiger partial charge in [0.1, 0.15) is 0 Å². The molecule has 140 valence electrons. The number of nitrogens with zero attached hydrogens (tertiary/aromatic N) is 2. The van der Waals surface area contributed by atoms with Gasteiger partial charge in [-0.05, 0) is 42.3 Å². The molecule has 1 amide bonds. The lowest BCUT2D eigenvalue weighted by Gasteiger charge is -2.17. The second-order valence-electron chi connectivity index (χ2n) is 6.39. The molecule has 0 bridgehead atoms. The van der Waals surface area contributed by atoms with Crippen LogP contribution in [0.1, 0.15) is 21.5 Å². The Morgan fingerprint density at radius 3 is 2.44 bits per heavy atom. The van der Waals surface area contributed by atoms with Gasteiger partial charge in [-0.1, -0.05) is 18.2 Å². The Balaban J connectivity index is 1.72. The van der Waals surface area contributed by atoms with Gasteiger partial charge >= 0.3 is 10.6 Å². The molecule has 0 radical (unpaired) electrons.